The lowest BCUT2D eigenvalue weighted by Crippen LogP contribution is -2.30. The van der Waals surface area contributed by atoms with E-state index in [1.165, 1.54) is 5.56 Å². The van der Waals surface area contributed by atoms with E-state index in [0.717, 1.165) is 16.6 Å². The van der Waals surface area contributed by atoms with Crippen LogP contribution in [0, 0.1) is 6.92 Å². The summed E-state index contributed by atoms with van der Waals surface area (Å²) in [5.41, 5.74) is 3.95. The number of fused-ring (bicyclic) bond motifs is 1. The summed E-state index contributed by atoms with van der Waals surface area (Å²) in [6.07, 6.45) is 0. The normalized spacial score (nSPS) is 12.3. The van der Waals surface area contributed by atoms with Crippen molar-refractivity contribution in [1.82, 2.24) is 20.3 Å². The first kappa shape index (κ1) is 14.3. The first-order valence-corrected chi connectivity index (χ1v) is 7.27. The van der Waals surface area contributed by atoms with Crippen molar-refractivity contribution in [2.24, 2.45) is 0 Å². The molecular formula is C17H18N4O. The van der Waals surface area contributed by atoms with Gasteiger partial charge in [-0.3, -0.25) is 4.79 Å². The number of benzene rings is 2. The Bertz CT molecular complexity index is 792. The number of carbonyl (C=O) groups is 1. The molecule has 1 N–H and O–H groups in total. The summed E-state index contributed by atoms with van der Waals surface area (Å²) in [7, 11) is 0. The Hall–Kier alpha value is -2.69. The maximum Gasteiger partial charge on any atom is 0.242 e. The molecule has 1 amide bonds. The van der Waals surface area contributed by atoms with Crippen LogP contribution >= 0.6 is 0 Å². The minimum Gasteiger partial charge on any atom is -0.348 e. The van der Waals surface area contributed by atoms with Crippen LogP contribution in [0.4, 0.5) is 0 Å². The zero-order chi connectivity index (χ0) is 15.5. The maximum atomic E-state index is 12.2. The lowest BCUT2D eigenvalue weighted by atomic mass is 10.1. The molecule has 0 radical (unpaired) electrons. The van der Waals surface area contributed by atoms with Gasteiger partial charge < -0.3 is 5.32 Å². The number of amides is 1. The average Bonchev–Trinajstić information content (AvgIpc) is 2.91. The van der Waals surface area contributed by atoms with Crippen LogP contribution in [-0.2, 0) is 11.3 Å². The van der Waals surface area contributed by atoms with Gasteiger partial charge in [0.1, 0.15) is 12.1 Å². The summed E-state index contributed by atoms with van der Waals surface area (Å²) >= 11 is 0. The number of nitrogens with zero attached hydrogens (tertiary/aromatic N) is 3. The lowest BCUT2D eigenvalue weighted by molar-refractivity contribution is -0.122. The number of aromatic nitrogens is 3. The van der Waals surface area contributed by atoms with Crippen LogP contribution in [0.3, 0.4) is 0 Å². The van der Waals surface area contributed by atoms with Crippen molar-refractivity contribution in [3.05, 3.63) is 59.7 Å². The third-order valence-electron chi connectivity index (χ3n) is 3.67. The molecule has 0 saturated heterocycles. The monoisotopic (exact) mass is 294 g/mol. The van der Waals surface area contributed by atoms with Crippen LogP contribution in [0.5, 0.6) is 0 Å². The molecule has 0 saturated carbocycles. The molecule has 5 nitrogen and oxygen atoms in total. The number of aryl methyl sites for hydroxylation is 1. The Labute approximate surface area is 129 Å². The van der Waals surface area contributed by atoms with E-state index in [1.54, 1.807) is 4.68 Å². The van der Waals surface area contributed by atoms with E-state index in [-0.39, 0.29) is 18.5 Å². The van der Waals surface area contributed by atoms with Crippen LogP contribution in [0.25, 0.3) is 11.0 Å². The minimum absolute atomic E-state index is 0.0390. The van der Waals surface area contributed by atoms with Crippen LogP contribution in [0.1, 0.15) is 24.1 Å². The molecule has 1 heterocycles. The number of carbonyl (C=O) groups excluding carboxylic acids is 1. The fourth-order valence-electron chi connectivity index (χ4n) is 2.40. The fourth-order valence-corrected chi connectivity index (χ4v) is 2.40. The number of hydrogen-bond donors (Lipinski definition) is 1. The Morgan fingerprint density at radius 3 is 2.68 bits per heavy atom. The Morgan fingerprint density at radius 1 is 1.18 bits per heavy atom. The van der Waals surface area contributed by atoms with Crippen LogP contribution in [0.15, 0.2) is 48.5 Å². The highest BCUT2D eigenvalue weighted by molar-refractivity contribution is 5.79. The summed E-state index contributed by atoms with van der Waals surface area (Å²) in [5.74, 6) is -0.0799. The highest BCUT2D eigenvalue weighted by Crippen LogP contribution is 2.13. The highest BCUT2D eigenvalue weighted by atomic mass is 16.2. The molecule has 0 aliphatic carbocycles. The third-order valence-corrected chi connectivity index (χ3v) is 3.67. The fraction of sp³-hybridized carbons (Fsp3) is 0.235. The zero-order valence-electron chi connectivity index (χ0n) is 12.7. The van der Waals surface area contributed by atoms with Gasteiger partial charge in [0.25, 0.3) is 0 Å². The van der Waals surface area contributed by atoms with E-state index in [2.05, 4.69) is 15.6 Å². The van der Waals surface area contributed by atoms with Crippen molar-refractivity contribution < 1.29 is 4.79 Å². The standard InChI is InChI=1S/C17H18N4O/c1-12-7-9-14(10-8-12)13(2)18-17(22)11-21-16-6-4-3-5-15(16)19-20-21/h3-10,13H,11H2,1-2H3,(H,18,22). The summed E-state index contributed by atoms with van der Waals surface area (Å²) in [6, 6.07) is 15.7. The third kappa shape index (κ3) is 2.98. The van der Waals surface area contributed by atoms with E-state index >= 15 is 0 Å². The molecule has 0 bridgehead atoms. The molecular weight excluding hydrogens is 276 g/mol. The van der Waals surface area contributed by atoms with Crippen molar-refractivity contribution in [2.45, 2.75) is 26.4 Å². The second-order valence-corrected chi connectivity index (χ2v) is 5.44. The van der Waals surface area contributed by atoms with Gasteiger partial charge in [-0.1, -0.05) is 47.2 Å². The molecule has 0 aliphatic rings. The molecule has 0 aliphatic heterocycles. The number of nitrogens with one attached hydrogen (secondary N) is 1. The van der Waals surface area contributed by atoms with Crippen LogP contribution in [-0.4, -0.2) is 20.9 Å². The first-order chi connectivity index (χ1) is 10.6. The predicted molar refractivity (Wildman–Crippen MR) is 85.3 cm³/mol. The molecule has 1 unspecified atom stereocenters. The van der Waals surface area contributed by atoms with Gasteiger partial charge in [0.15, 0.2) is 0 Å². The van der Waals surface area contributed by atoms with Crippen molar-refractivity contribution in [1.29, 1.82) is 0 Å². The molecule has 1 aromatic heterocycles. The molecule has 0 fully saturated rings. The SMILES string of the molecule is Cc1ccc(C(C)NC(=O)Cn2nnc3ccccc32)cc1. The van der Waals surface area contributed by atoms with Crippen molar-refractivity contribution in [2.75, 3.05) is 0 Å². The Morgan fingerprint density at radius 2 is 1.91 bits per heavy atom. The molecule has 3 rings (SSSR count). The summed E-state index contributed by atoms with van der Waals surface area (Å²) < 4.78 is 1.62. The van der Waals surface area contributed by atoms with Crippen molar-refractivity contribution >= 4 is 16.9 Å². The average molecular weight is 294 g/mol. The molecule has 1 atom stereocenters. The minimum atomic E-state index is -0.0799. The predicted octanol–water partition coefficient (Wildman–Crippen LogP) is 2.62. The molecule has 22 heavy (non-hydrogen) atoms. The van der Waals surface area contributed by atoms with Gasteiger partial charge in [-0.05, 0) is 31.5 Å². The molecule has 112 valence electrons. The second-order valence-electron chi connectivity index (χ2n) is 5.44. The van der Waals surface area contributed by atoms with Gasteiger partial charge >= 0.3 is 0 Å². The van der Waals surface area contributed by atoms with E-state index in [4.69, 9.17) is 0 Å². The largest absolute Gasteiger partial charge is 0.348 e. The summed E-state index contributed by atoms with van der Waals surface area (Å²) in [5, 5.41) is 11.1. The topological polar surface area (TPSA) is 59.8 Å². The maximum absolute atomic E-state index is 12.2. The smallest absolute Gasteiger partial charge is 0.242 e. The van der Waals surface area contributed by atoms with Gasteiger partial charge in [0.05, 0.1) is 11.6 Å². The van der Waals surface area contributed by atoms with Crippen molar-refractivity contribution in [3.63, 3.8) is 0 Å². The molecule has 2 aromatic carbocycles. The molecule has 3 aromatic rings. The number of para-hydroxylation sites is 1. The van der Waals surface area contributed by atoms with Gasteiger partial charge in [-0.15, -0.1) is 5.10 Å². The number of rotatable bonds is 4. The highest BCUT2D eigenvalue weighted by Gasteiger charge is 2.12. The summed E-state index contributed by atoms with van der Waals surface area (Å²) in [6.45, 7) is 4.18. The lowest BCUT2D eigenvalue weighted by Gasteiger charge is -2.14. The number of hydrogen-bond acceptors (Lipinski definition) is 3. The van der Waals surface area contributed by atoms with Crippen LogP contribution < -0.4 is 5.32 Å². The Balaban J connectivity index is 1.68. The van der Waals surface area contributed by atoms with Crippen molar-refractivity contribution in [3.8, 4) is 0 Å². The van der Waals surface area contributed by atoms with E-state index in [1.807, 2.05) is 62.4 Å². The van der Waals surface area contributed by atoms with E-state index in [9.17, 15) is 4.79 Å². The molecule has 5 heteroatoms. The van der Waals surface area contributed by atoms with Gasteiger partial charge in [0, 0.05) is 0 Å². The summed E-state index contributed by atoms with van der Waals surface area (Å²) in [4.78, 5) is 12.2. The second kappa shape index (κ2) is 5.97. The van der Waals surface area contributed by atoms with Gasteiger partial charge in [-0.25, -0.2) is 4.68 Å². The van der Waals surface area contributed by atoms with E-state index < -0.39 is 0 Å². The van der Waals surface area contributed by atoms with E-state index in [0.29, 0.717) is 0 Å². The molecule has 0 spiro atoms. The van der Waals surface area contributed by atoms with Gasteiger partial charge in [-0.2, -0.15) is 0 Å². The Kier molecular flexibility index (Phi) is 3.87. The quantitative estimate of drug-likeness (QED) is 0.804. The van der Waals surface area contributed by atoms with Gasteiger partial charge in [0.2, 0.25) is 5.91 Å². The van der Waals surface area contributed by atoms with Crippen LogP contribution in [0.2, 0.25) is 0 Å². The zero-order valence-corrected chi connectivity index (χ0v) is 12.7. The first-order valence-electron chi connectivity index (χ1n) is 7.27.